The predicted molar refractivity (Wildman–Crippen MR) is 88.5 cm³/mol. The Morgan fingerprint density at radius 3 is 2.33 bits per heavy atom. The molecule has 0 saturated carbocycles. The van der Waals surface area contributed by atoms with E-state index in [9.17, 15) is 8.42 Å². The number of rotatable bonds is 4. The molecule has 0 radical (unpaired) electrons. The van der Waals surface area contributed by atoms with Crippen molar-refractivity contribution in [1.29, 1.82) is 0 Å². The Balaban J connectivity index is 2.35. The van der Waals surface area contributed by atoms with Crippen molar-refractivity contribution < 1.29 is 8.42 Å². The summed E-state index contributed by atoms with van der Waals surface area (Å²) in [4.78, 5) is 1.85. The van der Waals surface area contributed by atoms with Crippen LogP contribution in [0.3, 0.4) is 0 Å². The van der Waals surface area contributed by atoms with Gasteiger partial charge in [0.25, 0.3) is 0 Å². The second-order valence-electron chi connectivity index (χ2n) is 4.75. The van der Waals surface area contributed by atoms with E-state index < -0.39 is 10.0 Å². The van der Waals surface area contributed by atoms with E-state index in [1.165, 1.54) is 6.07 Å². The number of sulfonamides is 1. The first kappa shape index (κ1) is 15.8. The molecule has 0 amide bonds. The second-order valence-corrected chi connectivity index (χ2v) is 7.20. The first-order valence-corrected chi connectivity index (χ1v) is 8.49. The Labute approximate surface area is 132 Å². The summed E-state index contributed by atoms with van der Waals surface area (Å²) in [5.41, 5.74) is 7.59. The fourth-order valence-corrected chi connectivity index (χ4v) is 3.10. The van der Waals surface area contributed by atoms with E-state index in [-0.39, 0.29) is 4.90 Å². The fourth-order valence-electron chi connectivity index (χ4n) is 2.02. The summed E-state index contributed by atoms with van der Waals surface area (Å²) in [6.45, 7) is 0.555. The van der Waals surface area contributed by atoms with Crippen LogP contribution in [-0.4, -0.2) is 15.5 Å². The highest BCUT2D eigenvalue weighted by atomic mass is 79.9. The number of nitrogen functional groups attached to an aromatic ring is 1. The van der Waals surface area contributed by atoms with Gasteiger partial charge < -0.3 is 10.6 Å². The summed E-state index contributed by atoms with van der Waals surface area (Å²) in [5.74, 6) is 0. The third kappa shape index (κ3) is 3.96. The molecule has 2 rings (SSSR count). The van der Waals surface area contributed by atoms with Gasteiger partial charge in [-0.05, 0) is 35.9 Å². The molecule has 2 aromatic rings. The molecule has 0 unspecified atom stereocenters. The Hall–Kier alpha value is -1.57. The third-order valence-electron chi connectivity index (χ3n) is 3.03. The van der Waals surface area contributed by atoms with Crippen LogP contribution in [0.15, 0.2) is 51.8 Å². The number of nitrogens with two attached hydrogens (primary N) is 2. The summed E-state index contributed by atoms with van der Waals surface area (Å²) >= 11 is 3.38. The zero-order chi connectivity index (χ0) is 15.6. The molecular weight excluding hydrogens is 354 g/mol. The van der Waals surface area contributed by atoms with Gasteiger partial charge in [0.05, 0.1) is 5.69 Å². The van der Waals surface area contributed by atoms with Crippen LogP contribution in [0.25, 0.3) is 0 Å². The van der Waals surface area contributed by atoms with Crippen LogP contribution < -0.4 is 15.8 Å². The van der Waals surface area contributed by atoms with Gasteiger partial charge in [-0.3, -0.25) is 0 Å². The van der Waals surface area contributed by atoms with Crippen molar-refractivity contribution >= 4 is 37.3 Å². The summed E-state index contributed by atoms with van der Waals surface area (Å²) in [7, 11) is -2.02. The zero-order valence-electron chi connectivity index (χ0n) is 11.5. The Morgan fingerprint density at radius 1 is 1.14 bits per heavy atom. The van der Waals surface area contributed by atoms with Gasteiger partial charge in [0.1, 0.15) is 4.90 Å². The van der Waals surface area contributed by atoms with Gasteiger partial charge in [-0.2, -0.15) is 0 Å². The van der Waals surface area contributed by atoms with Crippen molar-refractivity contribution in [2.45, 2.75) is 11.4 Å². The average molecular weight is 370 g/mol. The lowest BCUT2D eigenvalue weighted by Crippen LogP contribution is -2.22. The van der Waals surface area contributed by atoms with Gasteiger partial charge in [-0.15, -0.1) is 0 Å². The molecule has 0 aliphatic heterocycles. The first-order valence-electron chi connectivity index (χ1n) is 6.15. The van der Waals surface area contributed by atoms with Crippen LogP contribution in [0.1, 0.15) is 5.56 Å². The molecule has 0 fully saturated rings. The summed E-state index contributed by atoms with van der Waals surface area (Å²) in [6.07, 6.45) is 0. The van der Waals surface area contributed by atoms with Crippen LogP contribution >= 0.6 is 15.9 Å². The van der Waals surface area contributed by atoms with Crippen LogP contribution in [0.5, 0.6) is 0 Å². The van der Waals surface area contributed by atoms with E-state index >= 15 is 0 Å². The molecule has 5 nitrogen and oxygen atoms in total. The fraction of sp³-hybridized carbons (Fsp3) is 0.143. The molecular formula is C14H16BrN3O2S. The van der Waals surface area contributed by atoms with E-state index in [1.807, 2.05) is 36.2 Å². The molecule has 21 heavy (non-hydrogen) atoms. The SMILES string of the molecule is CN(Cc1ccc(Br)cc1)c1ccc(N)cc1S(N)(=O)=O. The standard InChI is InChI=1S/C14H16BrN3O2S/c1-18(9-10-2-4-11(15)5-3-10)13-7-6-12(16)8-14(13)21(17,19)20/h2-8H,9,16H2,1H3,(H2,17,19,20). The monoisotopic (exact) mass is 369 g/mol. The normalized spacial score (nSPS) is 11.4. The minimum atomic E-state index is -3.83. The Morgan fingerprint density at radius 2 is 1.76 bits per heavy atom. The predicted octanol–water partition coefficient (Wildman–Crippen LogP) is 2.32. The van der Waals surface area contributed by atoms with Gasteiger partial charge in [0.2, 0.25) is 10.0 Å². The van der Waals surface area contributed by atoms with Crippen LogP contribution in [0.2, 0.25) is 0 Å². The first-order chi connectivity index (χ1) is 9.77. The Kier molecular flexibility index (Phi) is 4.55. The molecule has 0 saturated heterocycles. The molecule has 0 aromatic heterocycles. The number of hydrogen-bond acceptors (Lipinski definition) is 4. The van der Waals surface area contributed by atoms with Gasteiger partial charge in [0, 0.05) is 23.8 Å². The number of primary sulfonamides is 1. The minimum absolute atomic E-state index is 0.0297. The molecule has 7 heteroatoms. The highest BCUT2D eigenvalue weighted by Crippen LogP contribution is 2.27. The largest absolute Gasteiger partial charge is 0.399 e. The zero-order valence-corrected chi connectivity index (χ0v) is 13.9. The highest BCUT2D eigenvalue weighted by molar-refractivity contribution is 9.10. The van der Waals surface area contributed by atoms with Gasteiger partial charge in [-0.1, -0.05) is 28.1 Å². The number of nitrogens with zero attached hydrogens (tertiary/aromatic N) is 1. The van der Waals surface area contributed by atoms with Crippen molar-refractivity contribution in [3.05, 3.63) is 52.5 Å². The second kappa shape index (κ2) is 6.05. The summed E-state index contributed by atoms with van der Waals surface area (Å²) < 4.78 is 24.4. The molecule has 0 aliphatic carbocycles. The lowest BCUT2D eigenvalue weighted by atomic mass is 10.2. The van der Waals surface area contributed by atoms with E-state index in [4.69, 9.17) is 10.9 Å². The van der Waals surface area contributed by atoms with E-state index in [1.54, 1.807) is 12.1 Å². The molecule has 0 heterocycles. The summed E-state index contributed by atoms with van der Waals surface area (Å²) in [6, 6.07) is 12.5. The maximum atomic E-state index is 11.7. The van der Waals surface area contributed by atoms with Crippen LogP contribution in [0.4, 0.5) is 11.4 Å². The van der Waals surface area contributed by atoms with E-state index in [2.05, 4.69) is 15.9 Å². The lowest BCUT2D eigenvalue weighted by molar-refractivity contribution is 0.597. The van der Waals surface area contributed by atoms with Gasteiger partial charge >= 0.3 is 0 Å². The number of hydrogen-bond donors (Lipinski definition) is 2. The molecule has 0 aliphatic rings. The van der Waals surface area contributed by atoms with Crippen molar-refractivity contribution in [3.63, 3.8) is 0 Å². The third-order valence-corrected chi connectivity index (χ3v) is 4.50. The quantitative estimate of drug-likeness (QED) is 0.809. The molecule has 2 aromatic carbocycles. The number of halogens is 1. The van der Waals surface area contributed by atoms with Gasteiger partial charge in [0.15, 0.2) is 0 Å². The number of anilines is 2. The maximum Gasteiger partial charge on any atom is 0.240 e. The maximum absolute atomic E-state index is 11.7. The lowest BCUT2D eigenvalue weighted by Gasteiger charge is -2.22. The van der Waals surface area contributed by atoms with Crippen molar-refractivity contribution in [1.82, 2.24) is 0 Å². The van der Waals surface area contributed by atoms with Crippen molar-refractivity contribution in [2.75, 3.05) is 17.7 Å². The summed E-state index contributed by atoms with van der Waals surface area (Å²) in [5, 5.41) is 5.26. The molecule has 112 valence electrons. The van der Waals surface area contributed by atoms with E-state index in [0.717, 1.165) is 10.0 Å². The smallest absolute Gasteiger partial charge is 0.240 e. The molecule has 0 spiro atoms. The van der Waals surface area contributed by atoms with Gasteiger partial charge in [-0.25, -0.2) is 13.6 Å². The Bertz CT molecular complexity index is 745. The highest BCUT2D eigenvalue weighted by Gasteiger charge is 2.17. The number of benzene rings is 2. The average Bonchev–Trinajstić information content (AvgIpc) is 2.40. The molecule has 4 N–H and O–H groups in total. The van der Waals surface area contributed by atoms with Crippen LogP contribution in [-0.2, 0) is 16.6 Å². The van der Waals surface area contributed by atoms with Crippen molar-refractivity contribution in [2.24, 2.45) is 5.14 Å². The topological polar surface area (TPSA) is 89.4 Å². The van der Waals surface area contributed by atoms with Crippen molar-refractivity contribution in [3.8, 4) is 0 Å². The minimum Gasteiger partial charge on any atom is -0.399 e. The van der Waals surface area contributed by atoms with E-state index in [0.29, 0.717) is 17.9 Å². The molecule has 0 atom stereocenters. The molecule has 0 bridgehead atoms. The van der Waals surface area contributed by atoms with Crippen LogP contribution in [0, 0.1) is 0 Å².